The largest absolute Gasteiger partial charge is 0.393 e. The molecule has 13 atom stereocenters. The Morgan fingerprint density at radius 1 is 0.871 bits per heavy atom. The molecule has 2 N–H and O–H groups in total. The van der Waals surface area contributed by atoms with E-state index in [0.717, 1.165) is 45.1 Å². The summed E-state index contributed by atoms with van der Waals surface area (Å²) in [5, 5.41) is 22.1. The second-order valence-electron chi connectivity index (χ2n) is 13.2. The number of fused-ring (bicyclic) bond motifs is 7. The van der Waals surface area contributed by atoms with Gasteiger partial charge in [0.05, 0.1) is 24.9 Å². The van der Waals surface area contributed by atoms with E-state index in [2.05, 4.69) is 27.7 Å². The summed E-state index contributed by atoms with van der Waals surface area (Å²) in [6.07, 6.45) is 9.70. The van der Waals surface area contributed by atoms with Gasteiger partial charge in [0.25, 0.3) is 0 Å². The van der Waals surface area contributed by atoms with E-state index in [1.54, 1.807) is 0 Å². The first-order chi connectivity index (χ1) is 14.7. The van der Waals surface area contributed by atoms with Crippen molar-refractivity contribution in [3.05, 3.63) is 0 Å². The quantitative estimate of drug-likeness (QED) is 0.579. The van der Waals surface area contributed by atoms with E-state index in [1.807, 2.05) is 0 Å². The van der Waals surface area contributed by atoms with Gasteiger partial charge in [0.1, 0.15) is 0 Å². The fourth-order valence-electron chi connectivity index (χ4n) is 10.2. The zero-order chi connectivity index (χ0) is 21.8. The lowest BCUT2D eigenvalue weighted by molar-refractivity contribution is -0.274. The normalized spacial score (nSPS) is 63.3. The van der Waals surface area contributed by atoms with Crippen molar-refractivity contribution < 1.29 is 19.7 Å². The van der Waals surface area contributed by atoms with Crippen LogP contribution in [0.3, 0.4) is 0 Å². The van der Waals surface area contributed by atoms with Gasteiger partial charge in [0.15, 0.2) is 5.79 Å². The molecule has 2 heterocycles. The minimum atomic E-state index is -0.407. The summed E-state index contributed by atoms with van der Waals surface area (Å²) < 4.78 is 13.3. The maximum Gasteiger partial charge on any atom is 0.171 e. The van der Waals surface area contributed by atoms with Crippen LogP contribution in [0, 0.1) is 52.3 Å². The van der Waals surface area contributed by atoms with Crippen LogP contribution in [-0.2, 0) is 9.47 Å². The topological polar surface area (TPSA) is 58.9 Å². The van der Waals surface area contributed by atoms with Gasteiger partial charge in [-0.1, -0.05) is 27.7 Å². The van der Waals surface area contributed by atoms with Crippen LogP contribution in [-0.4, -0.2) is 40.9 Å². The van der Waals surface area contributed by atoms with Gasteiger partial charge in [0, 0.05) is 23.7 Å². The number of hydrogen-bond donors (Lipinski definition) is 2. The number of hydrogen-bond acceptors (Lipinski definition) is 4. The van der Waals surface area contributed by atoms with Crippen molar-refractivity contribution in [1.82, 2.24) is 0 Å². The summed E-state index contributed by atoms with van der Waals surface area (Å²) in [4.78, 5) is 0. The summed E-state index contributed by atoms with van der Waals surface area (Å²) in [5.41, 5.74) is 0.233. The molecule has 0 amide bonds. The van der Waals surface area contributed by atoms with Gasteiger partial charge in [-0.05, 0) is 86.4 Å². The van der Waals surface area contributed by atoms with Crippen LogP contribution in [0.15, 0.2) is 0 Å². The Labute approximate surface area is 188 Å². The minimum Gasteiger partial charge on any atom is -0.393 e. The summed E-state index contributed by atoms with van der Waals surface area (Å²) in [6.45, 7) is 10.3. The molecule has 6 rings (SSSR count). The standard InChI is InChI=1S/C27H44O4/c1-15-7-10-27(30-14-15)16(2)24-22(31-27)12-21-19-6-5-17-11-18(28)8-9-25(17,3)20(19)13-23(29)26(21,24)4/h15-24,28-29H,5-14H2,1-4H3/t15?,16-,17-,18-,19?,20?,21?,22?,23+,24?,25-,26+,27+/m0/s1. The molecule has 0 aromatic carbocycles. The van der Waals surface area contributed by atoms with Gasteiger partial charge in [-0.2, -0.15) is 0 Å². The first-order valence-corrected chi connectivity index (χ1v) is 13.4. The third kappa shape index (κ3) is 2.74. The molecule has 4 saturated carbocycles. The molecule has 4 heteroatoms. The zero-order valence-corrected chi connectivity index (χ0v) is 20.1. The number of ether oxygens (including phenoxy) is 2. The van der Waals surface area contributed by atoms with Crippen LogP contribution in [0.25, 0.3) is 0 Å². The molecule has 0 radical (unpaired) electrons. The van der Waals surface area contributed by atoms with Crippen LogP contribution in [0.4, 0.5) is 0 Å². The van der Waals surface area contributed by atoms with E-state index in [4.69, 9.17) is 9.47 Å². The molecule has 6 unspecified atom stereocenters. The van der Waals surface area contributed by atoms with Crippen molar-refractivity contribution >= 4 is 0 Å². The van der Waals surface area contributed by atoms with Crippen molar-refractivity contribution in [2.75, 3.05) is 6.61 Å². The fraction of sp³-hybridized carbons (Fsp3) is 1.00. The van der Waals surface area contributed by atoms with Crippen molar-refractivity contribution in [2.24, 2.45) is 52.3 Å². The Hall–Kier alpha value is -0.160. The molecule has 2 saturated heterocycles. The predicted molar refractivity (Wildman–Crippen MR) is 119 cm³/mol. The molecule has 4 nitrogen and oxygen atoms in total. The van der Waals surface area contributed by atoms with Crippen LogP contribution in [0.2, 0.25) is 0 Å². The smallest absolute Gasteiger partial charge is 0.171 e. The third-order valence-electron chi connectivity index (χ3n) is 12.0. The molecule has 31 heavy (non-hydrogen) atoms. The molecule has 0 bridgehead atoms. The number of aliphatic hydroxyl groups excluding tert-OH is 2. The second kappa shape index (κ2) is 6.93. The Morgan fingerprint density at radius 3 is 2.42 bits per heavy atom. The highest BCUT2D eigenvalue weighted by Gasteiger charge is 2.71. The van der Waals surface area contributed by atoms with Crippen LogP contribution in [0.1, 0.15) is 85.5 Å². The van der Waals surface area contributed by atoms with E-state index in [9.17, 15) is 10.2 Å². The van der Waals surface area contributed by atoms with Gasteiger partial charge < -0.3 is 19.7 Å². The van der Waals surface area contributed by atoms with Gasteiger partial charge in [-0.25, -0.2) is 0 Å². The fourth-order valence-corrected chi connectivity index (χ4v) is 10.2. The van der Waals surface area contributed by atoms with Gasteiger partial charge in [-0.15, -0.1) is 0 Å². The van der Waals surface area contributed by atoms with E-state index >= 15 is 0 Å². The maximum atomic E-state index is 11.8. The summed E-state index contributed by atoms with van der Waals surface area (Å²) in [7, 11) is 0. The average molecular weight is 433 g/mol. The molecule has 1 spiro atoms. The second-order valence-corrected chi connectivity index (χ2v) is 13.2. The molecular weight excluding hydrogens is 388 g/mol. The Bertz CT molecular complexity index is 716. The summed E-state index contributed by atoms with van der Waals surface area (Å²) in [6, 6.07) is 0. The summed E-state index contributed by atoms with van der Waals surface area (Å²) >= 11 is 0. The van der Waals surface area contributed by atoms with Crippen LogP contribution in [0.5, 0.6) is 0 Å². The highest BCUT2D eigenvalue weighted by atomic mass is 16.7. The lowest BCUT2D eigenvalue weighted by Crippen LogP contribution is -2.59. The average Bonchev–Trinajstić information content (AvgIpc) is 3.18. The Morgan fingerprint density at radius 2 is 1.68 bits per heavy atom. The minimum absolute atomic E-state index is 0.0570. The summed E-state index contributed by atoms with van der Waals surface area (Å²) in [5.74, 6) is 3.46. The van der Waals surface area contributed by atoms with E-state index in [1.165, 1.54) is 19.3 Å². The SMILES string of the molecule is CC1CC[C@@]2(OC1)OC1CC3C4CC[C@H]5C[C@@H](O)CC[C@]5(C)C4C[C@@H](O)[C@]3(C)C1[C@@H]2C. The molecule has 6 fully saturated rings. The van der Waals surface area contributed by atoms with Crippen molar-refractivity contribution in [3.63, 3.8) is 0 Å². The van der Waals surface area contributed by atoms with E-state index < -0.39 is 5.79 Å². The van der Waals surface area contributed by atoms with Crippen LogP contribution >= 0.6 is 0 Å². The first-order valence-electron chi connectivity index (χ1n) is 13.4. The molecular formula is C27H44O4. The monoisotopic (exact) mass is 432 g/mol. The van der Waals surface area contributed by atoms with Crippen LogP contribution < -0.4 is 0 Å². The maximum absolute atomic E-state index is 11.8. The number of rotatable bonds is 0. The third-order valence-corrected chi connectivity index (χ3v) is 12.0. The zero-order valence-electron chi connectivity index (χ0n) is 20.1. The lowest BCUT2D eigenvalue weighted by Gasteiger charge is -2.62. The first kappa shape index (κ1) is 21.4. The van der Waals surface area contributed by atoms with Gasteiger partial charge >= 0.3 is 0 Å². The molecule has 4 aliphatic carbocycles. The highest BCUT2D eigenvalue weighted by molar-refractivity contribution is 5.17. The molecule has 0 aromatic heterocycles. The van der Waals surface area contributed by atoms with E-state index in [0.29, 0.717) is 46.8 Å². The predicted octanol–water partition coefficient (Wildman–Crippen LogP) is 4.76. The van der Waals surface area contributed by atoms with Crippen molar-refractivity contribution in [3.8, 4) is 0 Å². The van der Waals surface area contributed by atoms with Crippen molar-refractivity contribution in [1.29, 1.82) is 0 Å². The molecule has 176 valence electrons. The van der Waals surface area contributed by atoms with Gasteiger partial charge in [0.2, 0.25) is 0 Å². The Balaban J connectivity index is 1.29. The van der Waals surface area contributed by atoms with E-state index in [-0.39, 0.29) is 23.7 Å². The molecule has 0 aromatic rings. The lowest BCUT2D eigenvalue weighted by atomic mass is 9.43. The highest BCUT2D eigenvalue weighted by Crippen LogP contribution is 2.71. The Kier molecular flexibility index (Phi) is 4.78. The molecule has 2 aliphatic heterocycles. The van der Waals surface area contributed by atoms with Crippen molar-refractivity contribution in [2.45, 2.75) is 110 Å². The number of aliphatic hydroxyl groups is 2. The van der Waals surface area contributed by atoms with Gasteiger partial charge in [-0.3, -0.25) is 0 Å². The molecule has 6 aliphatic rings.